The number of amides is 1. The maximum absolute atomic E-state index is 12.0. The van der Waals surface area contributed by atoms with Crippen molar-refractivity contribution in [2.45, 2.75) is 40.3 Å². The molecule has 3 N–H and O–H groups in total. The molecule has 1 aromatic carbocycles. The molecule has 8 nitrogen and oxygen atoms in total. The normalized spacial score (nSPS) is 10.6. The Morgan fingerprint density at radius 2 is 1.88 bits per heavy atom. The smallest absolute Gasteiger partial charge is 0.408 e. The molecule has 0 fully saturated rings. The van der Waals surface area contributed by atoms with Crippen LogP contribution >= 0.6 is 0 Å². The Kier molecular flexibility index (Phi) is 6.65. The highest BCUT2D eigenvalue weighted by Crippen LogP contribution is 2.18. The summed E-state index contributed by atoms with van der Waals surface area (Å²) in [5, 5.41) is 12.2. The van der Waals surface area contributed by atoms with Crippen LogP contribution < -0.4 is 10.9 Å². The Bertz CT molecular complexity index is 844. The lowest BCUT2D eigenvalue weighted by Gasteiger charge is -2.25. The predicted octanol–water partition coefficient (Wildman–Crippen LogP) is 2.48. The van der Waals surface area contributed by atoms with Gasteiger partial charge in [-0.05, 0) is 19.4 Å². The first-order valence-electron chi connectivity index (χ1n) is 7.54. The van der Waals surface area contributed by atoms with Crippen molar-refractivity contribution in [1.82, 2.24) is 15.3 Å². The van der Waals surface area contributed by atoms with E-state index in [2.05, 4.69) is 15.3 Å². The molecule has 0 radical (unpaired) electrons. The minimum atomic E-state index is -1.13. The van der Waals surface area contributed by atoms with Gasteiger partial charge in [-0.3, -0.25) is 9.59 Å². The van der Waals surface area contributed by atoms with Crippen LogP contribution in [0.4, 0.5) is 4.79 Å². The van der Waals surface area contributed by atoms with E-state index in [1.165, 1.54) is 6.92 Å². The molecule has 0 bridgehead atoms. The van der Waals surface area contributed by atoms with Crippen LogP contribution in [0, 0.1) is 0 Å². The zero-order valence-corrected chi connectivity index (χ0v) is 14.1. The van der Waals surface area contributed by atoms with Crippen molar-refractivity contribution in [2.75, 3.05) is 0 Å². The van der Waals surface area contributed by atoms with Crippen LogP contribution in [0.2, 0.25) is 0 Å². The highest BCUT2D eigenvalue weighted by Gasteiger charge is 2.29. The number of hydrogen-bond acceptors (Lipinski definition) is 6. The van der Waals surface area contributed by atoms with Crippen LogP contribution in [0.1, 0.15) is 50.1 Å². The van der Waals surface area contributed by atoms with Crippen molar-refractivity contribution in [1.29, 1.82) is 0 Å². The summed E-state index contributed by atoms with van der Waals surface area (Å²) in [6.45, 7) is 4.42. The van der Waals surface area contributed by atoms with E-state index in [0.29, 0.717) is 0 Å². The van der Waals surface area contributed by atoms with Crippen LogP contribution in [-0.2, 0) is 16.9 Å². The number of hydrogen-bond donors (Lipinski definition) is 3. The Hall–Kier alpha value is -3.16. The molecule has 8 heteroatoms. The van der Waals surface area contributed by atoms with E-state index in [1.54, 1.807) is 13.8 Å². The van der Waals surface area contributed by atoms with Gasteiger partial charge in [0.2, 0.25) is 5.75 Å². The number of benzene rings is 1. The van der Waals surface area contributed by atoms with Gasteiger partial charge in [0, 0.05) is 6.92 Å². The number of H-pyrrole nitrogens is 1. The molecule has 26 heavy (non-hydrogen) atoms. The van der Waals surface area contributed by atoms with Crippen LogP contribution in [0.5, 0.6) is 5.75 Å². The molecule has 1 aromatic heterocycles. The van der Waals surface area contributed by atoms with Gasteiger partial charge in [-0.15, -0.1) is 0 Å². The fraction of sp³-hybridized carbons (Fsp3) is 0.333. The lowest BCUT2D eigenvalue weighted by Crippen LogP contribution is -2.43. The van der Waals surface area contributed by atoms with Gasteiger partial charge in [-0.2, -0.15) is 0 Å². The number of aromatic hydroxyl groups is 1. The Morgan fingerprint density at radius 3 is 2.46 bits per heavy atom. The SMILES string of the molecule is C.CC(=O)c1nc(C(C)(C)NC(=O)OCc2ccccc2)[nH]c(=O)c1O. The highest BCUT2D eigenvalue weighted by atomic mass is 16.5. The second kappa shape index (κ2) is 8.28. The summed E-state index contributed by atoms with van der Waals surface area (Å²) < 4.78 is 5.13. The Morgan fingerprint density at radius 1 is 1.27 bits per heavy atom. The molecular weight excluding hydrogens is 338 g/mol. The van der Waals surface area contributed by atoms with Gasteiger partial charge >= 0.3 is 6.09 Å². The van der Waals surface area contributed by atoms with E-state index in [4.69, 9.17) is 4.74 Å². The lowest BCUT2D eigenvalue weighted by molar-refractivity contribution is 0.100. The summed E-state index contributed by atoms with van der Waals surface area (Å²) >= 11 is 0. The van der Waals surface area contributed by atoms with Gasteiger partial charge in [0.15, 0.2) is 11.5 Å². The highest BCUT2D eigenvalue weighted by molar-refractivity contribution is 5.94. The number of aromatic amines is 1. The molecule has 0 aliphatic carbocycles. The van der Waals surface area contributed by atoms with Crippen molar-refractivity contribution < 1.29 is 19.4 Å². The minimum absolute atomic E-state index is 0. The molecule has 0 atom stereocenters. The molecule has 0 saturated carbocycles. The first kappa shape index (κ1) is 20.9. The number of nitrogens with zero attached hydrogens (tertiary/aromatic N) is 1. The van der Waals surface area contributed by atoms with Gasteiger partial charge in [0.05, 0.1) is 5.54 Å². The molecule has 0 aliphatic heterocycles. The second-order valence-electron chi connectivity index (χ2n) is 5.98. The monoisotopic (exact) mass is 361 g/mol. The molecule has 140 valence electrons. The third kappa shape index (κ3) is 4.92. The zero-order valence-electron chi connectivity index (χ0n) is 14.1. The first-order valence-corrected chi connectivity index (χ1v) is 7.54. The maximum atomic E-state index is 12.0. The topological polar surface area (TPSA) is 121 Å². The third-order valence-electron chi connectivity index (χ3n) is 3.45. The van der Waals surface area contributed by atoms with Crippen LogP contribution in [0.15, 0.2) is 35.1 Å². The van der Waals surface area contributed by atoms with E-state index >= 15 is 0 Å². The average Bonchev–Trinajstić information content (AvgIpc) is 2.55. The second-order valence-corrected chi connectivity index (χ2v) is 5.98. The van der Waals surface area contributed by atoms with Crippen molar-refractivity contribution in [2.24, 2.45) is 0 Å². The lowest BCUT2D eigenvalue weighted by atomic mass is 10.0. The predicted molar refractivity (Wildman–Crippen MR) is 96.0 cm³/mol. The average molecular weight is 361 g/mol. The number of carbonyl (C=O) groups excluding carboxylic acids is 2. The fourth-order valence-corrected chi connectivity index (χ4v) is 2.08. The van der Waals surface area contributed by atoms with Crippen molar-refractivity contribution in [3.8, 4) is 5.75 Å². The van der Waals surface area contributed by atoms with Gasteiger partial charge in [-0.1, -0.05) is 37.8 Å². The van der Waals surface area contributed by atoms with E-state index < -0.39 is 28.7 Å². The van der Waals surface area contributed by atoms with Crippen molar-refractivity contribution in [3.05, 3.63) is 57.8 Å². The molecule has 0 saturated heterocycles. The van der Waals surface area contributed by atoms with E-state index in [-0.39, 0.29) is 25.6 Å². The van der Waals surface area contributed by atoms with Crippen LogP contribution in [0.25, 0.3) is 0 Å². The Balaban J connectivity index is 0.00000338. The Labute approximate surface area is 151 Å². The van der Waals surface area contributed by atoms with E-state index in [0.717, 1.165) is 5.56 Å². The molecule has 0 aliphatic rings. The fourth-order valence-electron chi connectivity index (χ4n) is 2.08. The third-order valence-corrected chi connectivity index (χ3v) is 3.45. The van der Waals surface area contributed by atoms with Crippen molar-refractivity contribution >= 4 is 11.9 Å². The van der Waals surface area contributed by atoms with E-state index in [9.17, 15) is 19.5 Å². The number of carbonyl (C=O) groups is 2. The molecule has 2 rings (SSSR count). The van der Waals surface area contributed by atoms with Gasteiger partial charge in [0.25, 0.3) is 5.56 Å². The molecule has 2 aromatic rings. The number of rotatable bonds is 5. The van der Waals surface area contributed by atoms with Crippen LogP contribution in [-0.4, -0.2) is 27.0 Å². The molecular formula is C18H23N3O5. The summed E-state index contributed by atoms with van der Waals surface area (Å²) in [6, 6.07) is 9.14. The van der Waals surface area contributed by atoms with Gasteiger partial charge in [0.1, 0.15) is 12.4 Å². The number of Topliss-reactive ketones (excluding diaryl/α,β-unsaturated/α-hetero) is 1. The summed E-state index contributed by atoms with van der Waals surface area (Å²) in [6.07, 6.45) is -0.714. The minimum Gasteiger partial charge on any atom is -0.501 e. The number of aromatic nitrogens is 2. The van der Waals surface area contributed by atoms with E-state index in [1.807, 2.05) is 30.3 Å². The number of ether oxygens (including phenoxy) is 1. The van der Waals surface area contributed by atoms with Gasteiger partial charge < -0.3 is 20.1 Å². The quantitative estimate of drug-likeness (QED) is 0.703. The molecule has 1 heterocycles. The summed E-state index contributed by atoms with van der Waals surface area (Å²) in [5.74, 6) is -1.29. The molecule has 0 spiro atoms. The van der Waals surface area contributed by atoms with Gasteiger partial charge in [-0.25, -0.2) is 9.78 Å². The van der Waals surface area contributed by atoms with Crippen LogP contribution in [0.3, 0.4) is 0 Å². The number of alkyl carbamates (subject to hydrolysis) is 1. The molecule has 0 unspecified atom stereocenters. The zero-order chi connectivity index (χ0) is 18.6. The summed E-state index contributed by atoms with van der Waals surface area (Å²) in [5.41, 5.74) is -1.52. The number of nitrogens with one attached hydrogen (secondary N) is 2. The number of ketones is 1. The largest absolute Gasteiger partial charge is 0.501 e. The summed E-state index contributed by atoms with van der Waals surface area (Å²) in [4.78, 5) is 41.6. The van der Waals surface area contributed by atoms with Crippen molar-refractivity contribution in [3.63, 3.8) is 0 Å². The molecule has 1 amide bonds. The standard InChI is InChI=1S/C17H19N3O5.CH4/c1-10(21)12-13(22)14(23)19-15(18-12)17(2,3)20-16(24)25-9-11-7-5-4-6-8-11;/h4-8,22H,9H2,1-3H3,(H,20,24)(H,18,19,23);1H4. The first-order chi connectivity index (χ1) is 11.7. The summed E-state index contributed by atoms with van der Waals surface area (Å²) in [7, 11) is 0. The maximum Gasteiger partial charge on any atom is 0.408 e.